The minimum Gasteiger partial charge on any atom is -0.465 e. The average molecular weight is 934 g/mol. The van der Waals surface area contributed by atoms with E-state index in [0.717, 1.165) is 70.9 Å². The van der Waals surface area contributed by atoms with Gasteiger partial charge in [0.15, 0.2) is 0 Å². The van der Waals surface area contributed by atoms with Gasteiger partial charge in [0.2, 0.25) is 5.91 Å². The summed E-state index contributed by atoms with van der Waals surface area (Å²) in [6.07, 6.45) is 48.3. The molecule has 0 aromatic carbocycles. The van der Waals surface area contributed by atoms with Crippen LogP contribution >= 0.6 is 0 Å². The highest BCUT2D eigenvalue weighted by Gasteiger charge is 2.23. The first kappa shape index (κ1) is 64.4. The topological polar surface area (TPSA) is 76.2 Å². The monoisotopic (exact) mass is 933 g/mol. The van der Waals surface area contributed by atoms with Crippen LogP contribution < -0.4 is 0 Å². The zero-order valence-corrected chi connectivity index (χ0v) is 45.7. The summed E-state index contributed by atoms with van der Waals surface area (Å²) in [5, 5.41) is 0. The van der Waals surface area contributed by atoms with Crippen molar-refractivity contribution in [3.63, 3.8) is 0 Å². The number of carbonyl (C=O) groups is 3. The molecule has 7 nitrogen and oxygen atoms in total. The third-order valence-corrected chi connectivity index (χ3v) is 14.2. The molecule has 0 aromatic rings. The summed E-state index contributed by atoms with van der Waals surface area (Å²) in [7, 11) is 4.10. The van der Waals surface area contributed by atoms with E-state index in [9.17, 15) is 14.4 Å². The van der Waals surface area contributed by atoms with Crippen LogP contribution in [0.5, 0.6) is 0 Å². The van der Waals surface area contributed by atoms with Crippen LogP contribution in [0.3, 0.4) is 0 Å². The highest BCUT2D eigenvalue weighted by Crippen LogP contribution is 2.24. The molecule has 0 saturated carbocycles. The molecule has 66 heavy (non-hydrogen) atoms. The van der Waals surface area contributed by atoms with Crippen molar-refractivity contribution in [2.45, 2.75) is 310 Å². The number of hydrogen-bond donors (Lipinski definition) is 0. The molecule has 0 aliphatic heterocycles. The Balaban J connectivity index is 5.33. The Labute approximate surface area is 412 Å². The molecular weight excluding hydrogens is 817 g/mol. The standard InChI is InChI=1S/C59H116N2O5/c1-8-13-18-23-26-29-40-50-61(57(62)49-51-60(6)7)56(45-36-30-38-47-58(63)65-52-54(41-32-21-16-11-4)43-34-27-24-19-14-9-2)46-37-31-39-48-59(64)66-53-55(42-33-22-17-12-5)44-35-28-25-20-15-10-3/h54-56H,8-53H2,1-7H3. The van der Waals surface area contributed by atoms with Crippen LogP contribution in [-0.2, 0) is 23.9 Å². The summed E-state index contributed by atoms with van der Waals surface area (Å²) in [6, 6.07) is 0.199. The minimum absolute atomic E-state index is 0.0358. The highest BCUT2D eigenvalue weighted by molar-refractivity contribution is 5.76. The van der Waals surface area contributed by atoms with Gasteiger partial charge in [0.1, 0.15) is 0 Å². The van der Waals surface area contributed by atoms with Crippen molar-refractivity contribution in [1.29, 1.82) is 0 Å². The van der Waals surface area contributed by atoms with E-state index in [2.05, 4.69) is 44.4 Å². The van der Waals surface area contributed by atoms with Gasteiger partial charge in [-0.1, -0.05) is 227 Å². The maximum Gasteiger partial charge on any atom is 0.305 e. The van der Waals surface area contributed by atoms with Crippen molar-refractivity contribution in [2.75, 3.05) is 40.4 Å². The van der Waals surface area contributed by atoms with Gasteiger partial charge in [0.05, 0.1) is 13.2 Å². The van der Waals surface area contributed by atoms with Gasteiger partial charge in [-0.3, -0.25) is 14.4 Å². The summed E-state index contributed by atoms with van der Waals surface area (Å²) in [5.74, 6) is 1.20. The number of ether oxygens (including phenoxy) is 2. The molecule has 0 aliphatic carbocycles. The van der Waals surface area contributed by atoms with E-state index in [0.29, 0.717) is 44.3 Å². The maximum absolute atomic E-state index is 13.9. The Hall–Kier alpha value is -1.63. The summed E-state index contributed by atoms with van der Waals surface area (Å²) >= 11 is 0. The summed E-state index contributed by atoms with van der Waals surface area (Å²) in [5.41, 5.74) is 0. The first-order valence-corrected chi connectivity index (χ1v) is 29.5. The molecule has 0 saturated heterocycles. The first-order chi connectivity index (χ1) is 32.2. The largest absolute Gasteiger partial charge is 0.465 e. The lowest BCUT2D eigenvalue weighted by Crippen LogP contribution is -2.42. The SMILES string of the molecule is CCCCCCCCCN(C(=O)CCN(C)C)C(CCCCCC(=O)OCC(CCCCCC)CCCCCCCC)CCCCCC(=O)OCC(CCCCCC)CCCCCCCC. The fourth-order valence-corrected chi connectivity index (χ4v) is 9.66. The summed E-state index contributed by atoms with van der Waals surface area (Å²) < 4.78 is 11.9. The fourth-order valence-electron chi connectivity index (χ4n) is 9.66. The van der Waals surface area contributed by atoms with Crippen molar-refractivity contribution in [3.05, 3.63) is 0 Å². The molecule has 1 amide bonds. The van der Waals surface area contributed by atoms with Gasteiger partial charge in [-0.15, -0.1) is 0 Å². The second kappa shape index (κ2) is 49.8. The zero-order valence-electron chi connectivity index (χ0n) is 45.7. The molecule has 0 aliphatic rings. The number of esters is 2. The number of amides is 1. The van der Waals surface area contributed by atoms with Gasteiger partial charge in [-0.05, 0) is 83.7 Å². The van der Waals surface area contributed by atoms with Crippen molar-refractivity contribution >= 4 is 17.8 Å². The van der Waals surface area contributed by atoms with Gasteiger partial charge in [0, 0.05) is 38.4 Å². The van der Waals surface area contributed by atoms with E-state index >= 15 is 0 Å². The van der Waals surface area contributed by atoms with Crippen molar-refractivity contribution in [3.8, 4) is 0 Å². The lowest BCUT2D eigenvalue weighted by atomic mass is 9.95. The zero-order chi connectivity index (χ0) is 48.6. The first-order valence-electron chi connectivity index (χ1n) is 29.5. The van der Waals surface area contributed by atoms with Crippen LogP contribution in [0.25, 0.3) is 0 Å². The Kier molecular flexibility index (Phi) is 48.6. The normalized spacial score (nSPS) is 13.0. The molecule has 0 radical (unpaired) electrons. The Morgan fingerprint density at radius 2 is 0.652 bits per heavy atom. The van der Waals surface area contributed by atoms with E-state index in [1.165, 1.54) is 193 Å². The highest BCUT2D eigenvalue weighted by atomic mass is 16.5. The van der Waals surface area contributed by atoms with Crippen LogP contribution in [0, 0.1) is 11.8 Å². The second-order valence-corrected chi connectivity index (χ2v) is 21.0. The molecule has 0 bridgehead atoms. The Morgan fingerprint density at radius 3 is 1.02 bits per heavy atom. The summed E-state index contributed by atoms with van der Waals surface area (Å²) in [4.78, 5) is 44.2. The van der Waals surface area contributed by atoms with Gasteiger partial charge in [-0.25, -0.2) is 0 Å². The summed E-state index contributed by atoms with van der Waals surface area (Å²) in [6.45, 7) is 14.1. The van der Waals surface area contributed by atoms with Crippen molar-refractivity contribution in [2.24, 2.45) is 11.8 Å². The van der Waals surface area contributed by atoms with Crippen molar-refractivity contribution in [1.82, 2.24) is 9.80 Å². The molecular formula is C59H116N2O5. The predicted molar refractivity (Wildman–Crippen MR) is 285 cm³/mol. The molecule has 0 N–H and O–H groups in total. The van der Waals surface area contributed by atoms with Crippen LogP contribution in [0.2, 0.25) is 0 Å². The van der Waals surface area contributed by atoms with Crippen LogP contribution in [0.1, 0.15) is 304 Å². The molecule has 0 fully saturated rings. The minimum atomic E-state index is -0.0358. The molecule has 0 rings (SSSR count). The molecule has 0 spiro atoms. The van der Waals surface area contributed by atoms with Gasteiger partial charge in [-0.2, -0.15) is 0 Å². The number of rotatable bonds is 52. The lowest BCUT2D eigenvalue weighted by Gasteiger charge is -2.33. The second-order valence-electron chi connectivity index (χ2n) is 21.0. The number of unbranched alkanes of at least 4 members (excludes halogenated alkanes) is 26. The molecule has 0 heterocycles. The number of hydrogen-bond acceptors (Lipinski definition) is 6. The quantitative estimate of drug-likeness (QED) is 0.0447. The molecule has 7 heteroatoms. The van der Waals surface area contributed by atoms with Crippen LogP contribution in [-0.4, -0.2) is 74.1 Å². The van der Waals surface area contributed by atoms with Crippen LogP contribution in [0.4, 0.5) is 0 Å². The maximum atomic E-state index is 13.9. The third kappa shape index (κ3) is 42.5. The number of carbonyl (C=O) groups excluding carboxylic acids is 3. The van der Waals surface area contributed by atoms with E-state index < -0.39 is 0 Å². The van der Waals surface area contributed by atoms with Gasteiger partial charge in [0.25, 0.3) is 0 Å². The van der Waals surface area contributed by atoms with E-state index in [4.69, 9.17) is 9.47 Å². The Bertz CT molecular complexity index is 993. The lowest BCUT2D eigenvalue weighted by molar-refractivity contribution is -0.146. The molecule has 0 aromatic heterocycles. The van der Waals surface area contributed by atoms with Crippen molar-refractivity contribution < 1.29 is 23.9 Å². The smallest absolute Gasteiger partial charge is 0.305 e. The fraction of sp³-hybridized carbons (Fsp3) is 0.949. The van der Waals surface area contributed by atoms with E-state index in [1.807, 2.05) is 14.1 Å². The van der Waals surface area contributed by atoms with E-state index in [1.54, 1.807) is 0 Å². The average Bonchev–Trinajstić information content (AvgIpc) is 3.31. The molecule has 2 atom stereocenters. The Morgan fingerprint density at radius 1 is 0.348 bits per heavy atom. The predicted octanol–water partition coefficient (Wildman–Crippen LogP) is 17.5. The third-order valence-electron chi connectivity index (χ3n) is 14.2. The van der Waals surface area contributed by atoms with Gasteiger partial charge >= 0.3 is 11.9 Å². The molecule has 2 unspecified atom stereocenters. The molecule has 392 valence electrons. The van der Waals surface area contributed by atoms with Crippen LogP contribution in [0.15, 0.2) is 0 Å². The number of nitrogens with zero attached hydrogens (tertiary/aromatic N) is 2. The van der Waals surface area contributed by atoms with Gasteiger partial charge < -0.3 is 19.3 Å². The van der Waals surface area contributed by atoms with E-state index in [-0.39, 0.29) is 23.9 Å².